The molecular weight excluding hydrogens is 278 g/mol. The van der Waals surface area contributed by atoms with Crippen LogP contribution in [0.4, 0.5) is 0 Å². The Bertz CT molecular complexity index is 393. The SMILES string of the molecule is O=C(CCN1CCCC1)N1CCN(C(=O)C2CCCC2)CC1. The molecule has 3 aliphatic rings. The molecule has 0 bridgehead atoms. The number of likely N-dealkylation sites (tertiary alicyclic amines) is 1. The van der Waals surface area contributed by atoms with Crippen LogP contribution in [0.25, 0.3) is 0 Å². The molecule has 1 saturated carbocycles. The zero-order valence-corrected chi connectivity index (χ0v) is 13.6. The Morgan fingerprint density at radius 2 is 1.36 bits per heavy atom. The summed E-state index contributed by atoms with van der Waals surface area (Å²) in [6.07, 6.45) is 7.71. The van der Waals surface area contributed by atoms with Crippen LogP contribution in [0, 0.1) is 5.92 Å². The standard InChI is InChI=1S/C17H29N3O2/c21-16(7-10-18-8-3-4-9-18)19-11-13-20(14-12-19)17(22)15-5-1-2-6-15/h15H,1-14H2. The number of piperazine rings is 1. The fourth-order valence-electron chi connectivity index (χ4n) is 4.03. The van der Waals surface area contributed by atoms with E-state index in [4.69, 9.17) is 0 Å². The molecule has 5 heteroatoms. The summed E-state index contributed by atoms with van der Waals surface area (Å²) in [6, 6.07) is 0. The van der Waals surface area contributed by atoms with Crippen molar-refractivity contribution in [1.29, 1.82) is 0 Å². The van der Waals surface area contributed by atoms with Crippen LogP contribution in [0.3, 0.4) is 0 Å². The lowest BCUT2D eigenvalue weighted by Crippen LogP contribution is -2.52. The zero-order chi connectivity index (χ0) is 15.4. The highest BCUT2D eigenvalue weighted by molar-refractivity contribution is 5.80. The molecule has 22 heavy (non-hydrogen) atoms. The van der Waals surface area contributed by atoms with Gasteiger partial charge in [0.15, 0.2) is 0 Å². The van der Waals surface area contributed by atoms with E-state index in [9.17, 15) is 9.59 Å². The third-order valence-electron chi connectivity index (χ3n) is 5.49. The molecule has 3 rings (SSSR count). The smallest absolute Gasteiger partial charge is 0.225 e. The first-order chi connectivity index (χ1) is 10.7. The zero-order valence-electron chi connectivity index (χ0n) is 13.6. The lowest BCUT2D eigenvalue weighted by Gasteiger charge is -2.36. The molecule has 5 nitrogen and oxygen atoms in total. The predicted molar refractivity (Wildman–Crippen MR) is 85.4 cm³/mol. The van der Waals surface area contributed by atoms with Crippen LogP contribution in [0.15, 0.2) is 0 Å². The van der Waals surface area contributed by atoms with E-state index in [2.05, 4.69) is 4.90 Å². The lowest BCUT2D eigenvalue weighted by molar-refractivity contribution is -0.142. The monoisotopic (exact) mass is 307 g/mol. The Morgan fingerprint density at radius 3 is 2.00 bits per heavy atom. The number of hydrogen-bond acceptors (Lipinski definition) is 3. The van der Waals surface area contributed by atoms with E-state index < -0.39 is 0 Å². The van der Waals surface area contributed by atoms with Crippen molar-refractivity contribution < 1.29 is 9.59 Å². The first-order valence-electron chi connectivity index (χ1n) is 9.03. The predicted octanol–water partition coefficient (Wildman–Crippen LogP) is 1.33. The van der Waals surface area contributed by atoms with Crippen molar-refractivity contribution in [2.75, 3.05) is 45.8 Å². The maximum atomic E-state index is 12.4. The van der Waals surface area contributed by atoms with E-state index in [0.717, 1.165) is 58.7 Å². The summed E-state index contributed by atoms with van der Waals surface area (Å²) >= 11 is 0. The summed E-state index contributed by atoms with van der Waals surface area (Å²) in [5.74, 6) is 0.860. The molecule has 0 radical (unpaired) electrons. The van der Waals surface area contributed by atoms with Gasteiger partial charge in [0.2, 0.25) is 11.8 Å². The quantitative estimate of drug-likeness (QED) is 0.787. The summed E-state index contributed by atoms with van der Waals surface area (Å²) in [6.45, 7) is 6.10. The first-order valence-corrected chi connectivity index (χ1v) is 9.03. The van der Waals surface area contributed by atoms with E-state index in [1.807, 2.05) is 9.80 Å². The van der Waals surface area contributed by atoms with Crippen molar-refractivity contribution >= 4 is 11.8 Å². The molecule has 124 valence electrons. The molecule has 0 N–H and O–H groups in total. The first kappa shape index (κ1) is 15.8. The minimum absolute atomic E-state index is 0.261. The summed E-state index contributed by atoms with van der Waals surface area (Å²) in [5, 5.41) is 0. The molecule has 1 aliphatic carbocycles. The Labute approximate surface area is 133 Å². The van der Waals surface area contributed by atoms with Gasteiger partial charge >= 0.3 is 0 Å². The molecule has 3 fully saturated rings. The van der Waals surface area contributed by atoms with E-state index >= 15 is 0 Å². The van der Waals surface area contributed by atoms with Crippen molar-refractivity contribution in [3.8, 4) is 0 Å². The molecule has 2 heterocycles. The van der Waals surface area contributed by atoms with Gasteiger partial charge in [-0.2, -0.15) is 0 Å². The summed E-state index contributed by atoms with van der Waals surface area (Å²) in [7, 11) is 0. The average molecular weight is 307 g/mol. The summed E-state index contributed by atoms with van der Waals surface area (Å²) in [5.41, 5.74) is 0. The van der Waals surface area contributed by atoms with Crippen LogP contribution in [-0.4, -0.2) is 72.3 Å². The van der Waals surface area contributed by atoms with Gasteiger partial charge in [-0.05, 0) is 38.8 Å². The molecule has 0 unspecified atom stereocenters. The van der Waals surface area contributed by atoms with Gasteiger partial charge in [0.1, 0.15) is 0 Å². The minimum Gasteiger partial charge on any atom is -0.339 e. The van der Waals surface area contributed by atoms with Gasteiger partial charge in [0, 0.05) is 45.1 Å². The molecule has 0 aromatic carbocycles. The van der Waals surface area contributed by atoms with Gasteiger partial charge in [0.05, 0.1) is 0 Å². The number of hydrogen-bond donors (Lipinski definition) is 0. The Morgan fingerprint density at radius 1 is 0.773 bits per heavy atom. The normalized spacial score (nSPS) is 24.2. The summed E-state index contributed by atoms with van der Waals surface area (Å²) < 4.78 is 0. The largest absolute Gasteiger partial charge is 0.339 e. The van der Waals surface area contributed by atoms with Crippen LogP contribution < -0.4 is 0 Å². The Balaban J connectivity index is 1.38. The van der Waals surface area contributed by atoms with Gasteiger partial charge in [-0.1, -0.05) is 12.8 Å². The third-order valence-corrected chi connectivity index (χ3v) is 5.49. The second-order valence-corrected chi connectivity index (χ2v) is 6.99. The second-order valence-electron chi connectivity index (χ2n) is 6.99. The number of carbonyl (C=O) groups excluding carboxylic acids is 2. The second kappa shape index (κ2) is 7.44. The highest BCUT2D eigenvalue weighted by atomic mass is 16.2. The van der Waals surface area contributed by atoms with Crippen LogP contribution in [0.2, 0.25) is 0 Å². The van der Waals surface area contributed by atoms with E-state index in [1.54, 1.807) is 0 Å². The lowest BCUT2D eigenvalue weighted by atomic mass is 10.1. The van der Waals surface area contributed by atoms with Crippen LogP contribution in [-0.2, 0) is 9.59 Å². The van der Waals surface area contributed by atoms with Crippen molar-refractivity contribution in [3.05, 3.63) is 0 Å². The average Bonchev–Trinajstić information content (AvgIpc) is 3.25. The van der Waals surface area contributed by atoms with Gasteiger partial charge in [-0.3, -0.25) is 9.59 Å². The third kappa shape index (κ3) is 3.80. The van der Waals surface area contributed by atoms with Crippen molar-refractivity contribution in [3.63, 3.8) is 0 Å². The number of nitrogens with zero attached hydrogens (tertiary/aromatic N) is 3. The molecule has 2 amide bonds. The van der Waals surface area contributed by atoms with E-state index in [1.165, 1.54) is 25.7 Å². The molecule has 0 spiro atoms. The number of carbonyl (C=O) groups is 2. The van der Waals surface area contributed by atoms with E-state index in [0.29, 0.717) is 12.3 Å². The number of amides is 2. The van der Waals surface area contributed by atoms with Crippen molar-refractivity contribution in [2.24, 2.45) is 5.92 Å². The minimum atomic E-state index is 0.261. The van der Waals surface area contributed by atoms with E-state index in [-0.39, 0.29) is 11.8 Å². The highest BCUT2D eigenvalue weighted by Crippen LogP contribution is 2.26. The molecule has 0 atom stereocenters. The topological polar surface area (TPSA) is 43.9 Å². The molecular formula is C17H29N3O2. The molecule has 0 aromatic rings. The molecule has 2 saturated heterocycles. The van der Waals surface area contributed by atoms with Gasteiger partial charge in [-0.25, -0.2) is 0 Å². The highest BCUT2D eigenvalue weighted by Gasteiger charge is 2.30. The van der Waals surface area contributed by atoms with Crippen molar-refractivity contribution in [1.82, 2.24) is 14.7 Å². The summed E-state index contributed by atoms with van der Waals surface area (Å²) in [4.78, 5) is 31.0. The van der Waals surface area contributed by atoms with Crippen LogP contribution in [0.5, 0.6) is 0 Å². The van der Waals surface area contributed by atoms with Crippen LogP contribution in [0.1, 0.15) is 44.9 Å². The fourth-order valence-corrected chi connectivity index (χ4v) is 4.03. The molecule has 2 aliphatic heterocycles. The Hall–Kier alpha value is -1.10. The Kier molecular flexibility index (Phi) is 5.34. The van der Waals surface area contributed by atoms with Gasteiger partial charge in [0.25, 0.3) is 0 Å². The van der Waals surface area contributed by atoms with Crippen LogP contribution >= 0.6 is 0 Å². The molecule has 0 aromatic heterocycles. The maximum Gasteiger partial charge on any atom is 0.225 e. The maximum absolute atomic E-state index is 12.4. The van der Waals surface area contributed by atoms with Crippen molar-refractivity contribution in [2.45, 2.75) is 44.9 Å². The number of rotatable bonds is 4. The fraction of sp³-hybridized carbons (Fsp3) is 0.882. The van der Waals surface area contributed by atoms with Gasteiger partial charge in [-0.15, -0.1) is 0 Å². The van der Waals surface area contributed by atoms with Gasteiger partial charge < -0.3 is 14.7 Å².